The van der Waals surface area contributed by atoms with Gasteiger partial charge in [-0.25, -0.2) is 0 Å². The number of nitrogens with zero attached hydrogens (tertiary/aromatic N) is 2. The summed E-state index contributed by atoms with van der Waals surface area (Å²) in [7, 11) is 0. The summed E-state index contributed by atoms with van der Waals surface area (Å²) < 4.78 is 0. The van der Waals surface area contributed by atoms with Crippen molar-refractivity contribution in [3.05, 3.63) is 47.6 Å². The first-order valence-electron chi connectivity index (χ1n) is 5.96. The van der Waals surface area contributed by atoms with Crippen LogP contribution in [0.25, 0.3) is 0 Å². The number of aromatic amines is 1. The van der Waals surface area contributed by atoms with E-state index in [2.05, 4.69) is 20.4 Å². The Morgan fingerprint density at radius 2 is 2.06 bits per heavy atom. The first-order valence-corrected chi connectivity index (χ1v) is 5.96. The third-order valence-electron chi connectivity index (χ3n) is 2.93. The molecular formula is C13H14N4O. The fourth-order valence-electron chi connectivity index (χ4n) is 1.87. The maximum Gasteiger partial charge on any atom is 0.206 e. The number of nitrogens with one attached hydrogen (secondary N) is 2. The highest BCUT2D eigenvalue weighted by molar-refractivity contribution is 5.52. The molecular weight excluding hydrogens is 228 g/mol. The SMILES string of the molecule is O/N=c1/cc(C2CC2)[nH]c(Nc2ccccc2)n1. The van der Waals surface area contributed by atoms with E-state index in [9.17, 15) is 0 Å². The molecule has 0 aliphatic heterocycles. The van der Waals surface area contributed by atoms with Crippen LogP contribution >= 0.6 is 0 Å². The largest absolute Gasteiger partial charge is 0.409 e. The van der Waals surface area contributed by atoms with Gasteiger partial charge in [0.2, 0.25) is 5.95 Å². The molecule has 0 bridgehead atoms. The third-order valence-corrected chi connectivity index (χ3v) is 2.93. The first-order chi connectivity index (χ1) is 8.85. The van der Waals surface area contributed by atoms with Crippen molar-refractivity contribution in [2.24, 2.45) is 5.16 Å². The van der Waals surface area contributed by atoms with Crippen LogP contribution in [0, 0.1) is 0 Å². The van der Waals surface area contributed by atoms with Crippen LogP contribution in [0.15, 0.2) is 41.6 Å². The summed E-state index contributed by atoms with van der Waals surface area (Å²) in [6.07, 6.45) is 2.35. The van der Waals surface area contributed by atoms with Gasteiger partial charge in [0.25, 0.3) is 0 Å². The molecule has 92 valence electrons. The van der Waals surface area contributed by atoms with Crippen molar-refractivity contribution in [2.45, 2.75) is 18.8 Å². The standard InChI is InChI=1S/C13H14N4O/c18-17-12-8-11(9-6-7-9)15-13(16-12)14-10-4-2-1-3-5-10/h1-5,8-9,18H,6-7H2,(H2,14,15,16,17). The molecule has 1 fully saturated rings. The van der Waals surface area contributed by atoms with Crippen molar-refractivity contribution >= 4 is 11.6 Å². The van der Waals surface area contributed by atoms with Crippen LogP contribution in [0.1, 0.15) is 24.5 Å². The number of para-hydroxylation sites is 1. The van der Waals surface area contributed by atoms with Gasteiger partial charge < -0.3 is 15.5 Å². The Labute approximate surface area is 104 Å². The van der Waals surface area contributed by atoms with E-state index in [-0.39, 0.29) is 0 Å². The average Bonchev–Trinajstić information content (AvgIpc) is 3.24. The maximum absolute atomic E-state index is 8.88. The number of hydrogen-bond acceptors (Lipinski definition) is 4. The fourth-order valence-corrected chi connectivity index (χ4v) is 1.87. The quantitative estimate of drug-likeness (QED) is 0.571. The summed E-state index contributed by atoms with van der Waals surface area (Å²) >= 11 is 0. The van der Waals surface area contributed by atoms with Gasteiger partial charge in [-0.15, -0.1) is 0 Å². The van der Waals surface area contributed by atoms with Gasteiger partial charge in [-0.1, -0.05) is 23.4 Å². The third kappa shape index (κ3) is 2.34. The summed E-state index contributed by atoms with van der Waals surface area (Å²) in [6.45, 7) is 0. The van der Waals surface area contributed by atoms with E-state index in [1.807, 2.05) is 30.3 Å². The summed E-state index contributed by atoms with van der Waals surface area (Å²) in [4.78, 5) is 7.41. The predicted octanol–water partition coefficient (Wildman–Crippen LogP) is 2.32. The molecule has 0 spiro atoms. The van der Waals surface area contributed by atoms with Crippen LogP contribution in [-0.4, -0.2) is 15.2 Å². The topological polar surface area (TPSA) is 73.3 Å². The van der Waals surface area contributed by atoms with Gasteiger partial charge in [-0.2, -0.15) is 4.98 Å². The minimum Gasteiger partial charge on any atom is -0.409 e. The van der Waals surface area contributed by atoms with E-state index >= 15 is 0 Å². The summed E-state index contributed by atoms with van der Waals surface area (Å²) in [6, 6.07) is 11.5. The lowest BCUT2D eigenvalue weighted by molar-refractivity contribution is 0.298. The van der Waals surface area contributed by atoms with Crippen LogP contribution in [-0.2, 0) is 0 Å². The Kier molecular flexibility index (Phi) is 2.72. The van der Waals surface area contributed by atoms with Crippen molar-refractivity contribution in [1.29, 1.82) is 0 Å². The average molecular weight is 242 g/mol. The molecule has 18 heavy (non-hydrogen) atoms. The molecule has 0 radical (unpaired) electrons. The number of hydrogen-bond donors (Lipinski definition) is 3. The number of rotatable bonds is 3. The van der Waals surface area contributed by atoms with Crippen LogP contribution < -0.4 is 10.8 Å². The van der Waals surface area contributed by atoms with E-state index in [4.69, 9.17) is 5.21 Å². The Balaban J connectivity index is 1.94. The van der Waals surface area contributed by atoms with Crippen LogP contribution in [0.2, 0.25) is 0 Å². The minimum atomic E-state index is 0.328. The molecule has 1 aliphatic rings. The van der Waals surface area contributed by atoms with Crippen molar-refractivity contribution < 1.29 is 5.21 Å². The molecule has 0 amide bonds. The van der Waals surface area contributed by atoms with Crippen molar-refractivity contribution in [2.75, 3.05) is 5.32 Å². The molecule has 1 saturated carbocycles. The van der Waals surface area contributed by atoms with Crippen LogP contribution in [0.4, 0.5) is 11.6 Å². The second kappa shape index (κ2) is 4.52. The molecule has 3 N–H and O–H groups in total. The fraction of sp³-hybridized carbons (Fsp3) is 0.231. The Bertz CT molecular complexity index is 602. The summed E-state index contributed by atoms with van der Waals surface area (Å²) in [5.74, 6) is 1.14. The van der Waals surface area contributed by atoms with Crippen molar-refractivity contribution in [1.82, 2.24) is 9.97 Å². The maximum atomic E-state index is 8.88. The highest BCUT2D eigenvalue weighted by atomic mass is 16.4. The van der Waals surface area contributed by atoms with E-state index in [1.165, 1.54) is 12.8 Å². The zero-order valence-electron chi connectivity index (χ0n) is 9.80. The second-order valence-electron chi connectivity index (χ2n) is 4.41. The Morgan fingerprint density at radius 1 is 1.28 bits per heavy atom. The second-order valence-corrected chi connectivity index (χ2v) is 4.41. The predicted molar refractivity (Wildman–Crippen MR) is 67.6 cm³/mol. The lowest BCUT2D eigenvalue weighted by Gasteiger charge is -2.07. The molecule has 5 nitrogen and oxygen atoms in total. The van der Waals surface area contributed by atoms with E-state index in [0.29, 0.717) is 17.4 Å². The van der Waals surface area contributed by atoms with Crippen molar-refractivity contribution in [3.8, 4) is 0 Å². The molecule has 3 rings (SSSR count). The Hall–Kier alpha value is -2.30. The zero-order valence-corrected chi connectivity index (χ0v) is 9.80. The van der Waals surface area contributed by atoms with Gasteiger partial charge in [-0.3, -0.25) is 0 Å². The molecule has 2 aromatic rings. The first kappa shape index (κ1) is 10.8. The molecule has 1 aromatic carbocycles. The smallest absolute Gasteiger partial charge is 0.206 e. The summed E-state index contributed by atoms with van der Waals surface area (Å²) in [5, 5.41) is 15.2. The molecule has 5 heteroatoms. The number of aromatic nitrogens is 2. The van der Waals surface area contributed by atoms with E-state index in [1.54, 1.807) is 6.07 Å². The van der Waals surface area contributed by atoms with Crippen LogP contribution in [0.3, 0.4) is 0 Å². The zero-order chi connectivity index (χ0) is 12.4. The van der Waals surface area contributed by atoms with E-state index in [0.717, 1.165) is 11.4 Å². The van der Waals surface area contributed by atoms with Gasteiger partial charge in [-0.05, 0) is 30.9 Å². The molecule has 1 heterocycles. The highest BCUT2D eigenvalue weighted by Crippen LogP contribution is 2.38. The lowest BCUT2D eigenvalue weighted by atomic mass is 10.3. The molecule has 0 atom stereocenters. The molecule has 0 saturated heterocycles. The van der Waals surface area contributed by atoms with Gasteiger partial charge in [0.05, 0.1) is 0 Å². The number of H-pyrrole nitrogens is 1. The number of benzene rings is 1. The van der Waals surface area contributed by atoms with Gasteiger partial charge in [0.15, 0.2) is 5.49 Å². The highest BCUT2D eigenvalue weighted by Gasteiger charge is 2.24. The normalized spacial score (nSPS) is 15.7. The lowest BCUT2D eigenvalue weighted by Crippen LogP contribution is -2.13. The van der Waals surface area contributed by atoms with E-state index < -0.39 is 0 Å². The monoisotopic (exact) mass is 242 g/mol. The number of anilines is 2. The van der Waals surface area contributed by atoms with Gasteiger partial charge >= 0.3 is 0 Å². The molecule has 1 aliphatic carbocycles. The van der Waals surface area contributed by atoms with Crippen LogP contribution in [0.5, 0.6) is 0 Å². The summed E-state index contributed by atoms with van der Waals surface area (Å²) in [5.41, 5.74) is 2.34. The minimum absolute atomic E-state index is 0.328. The van der Waals surface area contributed by atoms with Gasteiger partial charge in [0.1, 0.15) is 0 Å². The molecule has 0 unspecified atom stereocenters. The van der Waals surface area contributed by atoms with Gasteiger partial charge in [0, 0.05) is 17.4 Å². The molecule has 1 aromatic heterocycles. The Morgan fingerprint density at radius 3 is 2.72 bits per heavy atom. The van der Waals surface area contributed by atoms with Crippen molar-refractivity contribution in [3.63, 3.8) is 0 Å².